The zero-order valence-electron chi connectivity index (χ0n) is 12.1. The zero-order valence-corrected chi connectivity index (χ0v) is 13.7. The number of nitrogens with one attached hydrogen (secondary N) is 2. The van der Waals surface area contributed by atoms with Crippen LogP contribution in [0.3, 0.4) is 0 Å². The van der Waals surface area contributed by atoms with E-state index in [1.54, 1.807) is 0 Å². The summed E-state index contributed by atoms with van der Waals surface area (Å²) in [7, 11) is -3.14. The Labute approximate surface area is 128 Å². The molecule has 0 aromatic carbocycles. The molecule has 1 amide bonds. The number of carbonyl (C=O) groups is 1. The monoisotopic (exact) mass is 327 g/mol. The second-order valence-corrected chi connectivity index (χ2v) is 6.82. The summed E-state index contributed by atoms with van der Waals surface area (Å²) in [5.74, 6) is 0.00250. The zero-order chi connectivity index (χ0) is 14.1. The lowest BCUT2D eigenvalue weighted by Gasteiger charge is -2.15. The molecule has 6 nitrogen and oxygen atoms in total. The van der Waals surface area contributed by atoms with Gasteiger partial charge in [-0.1, -0.05) is 6.92 Å². The van der Waals surface area contributed by atoms with Crippen molar-refractivity contribution in [1.82, 2.24) is 14.9 Å². The van der Waals surface area contributed by atoms with Gasteiger partial charge in [0, 0.05) is 32.6 Å². The van der Waals surface area contributed by atoms with Crippen LogP contribution in [-0.2, 0) is 14.8 Å². The van der Waals surface area contributed by atoms with E-state index in [1.807, 2.05) is 6.92 Å². The lowest BCUT2D eigenvalue weighted by molar-refractivity contribution is -0.121. The molecule has 20 heavy (non-hydrogen) atoms. The Hall–Kier alpha value is -0.370. The van der Waals surface area contributed by atoms with Crippen LogP contribution in [0.15, 0.2) is 0 Å². The van der Waals surface area contributed by atoms with Gasteiger partial charge in [0.15, 0.2) is 0 Å². The molecule has 1 heterocycles. The summed E-state index contributed by atoms with van der Waals surface area (Å²) < 4.78 is 25.3. The van der Waals surface area contributed by atoms with E-state index >= 15 is 0 Å². The average Bonchev–Trinajstić information content (AvgIpc) is 2.89. The van der Waals surface area contributed by atoms with Gasteiger partial charge in [-0.05, 0) is 25.8 Å². The first-order chi connectivity index (χ1) is 9.06. The molecule has 0 radical (unpaired) electrons. The fraction of sp³-hybridized carbons (Fsp3) is 0.917. The van der Waals surface area contributed by atoms with Crippen molar-refractivity contribution in [2.75, 3.05) is 38.5 Å². The third kappa shape index (κ3) is 7.42. The summed E-state index contributed by atoms with van der Waals surface area (Å²) in [6, 6.07) is 0. The predicted octanol–water partition coefficient (Wildman–Crippen LogP) is 0.340. The van der Waals surface area contributed by atoms with Gasteiger partial charge >= 0.3 is 0 Å². The molecule has 0 bridgehead atoms. The Kier molecular flexibility index (Phi) is 10.2. The topological polar surface area (TPSA) is 78.5 Å². The van der Waals surface area contributed by atoms with Crippen molar-refractivity contribution in [3.8, 4) is 0 Å². The van der Waals surface area contributed by atoms with Crippen molar-refractivity contribution in [3.63, 3.8) is 0 Å². The van der Waals surface area contributed by atoms with Crippen LogP contribution in [-0.4, -0.2) is 57.1 Å². The van der Waals surface area contributed by atoms with Gasteiger partial charge < -0.3 is 10.6 Å². The van der Waals surface area contributed by atoms with E-state index in [4.69, 9.17) is 0 Å². The van der Waals surface area contributed by atoms with Crippen LogP contribution in [0.25, 0.3) is 0 Å². The van der Waals surface area contributed by atoms with Crippen LogP contribution >= 0.6 is 12.4 Å². The lowest BCUT2D eigenvalue weighted by atomic mass is 10.3. The van der Waals surface area contributed by atoms with E-state index in [0.717, 1.165) is 25.9 Å². The minimum absolute atomic E-state index is 0. The molecule has 0 atom stereocenters. The van der Waals surface area contributed by atoms with Gasteiger partial charge in [0.25, 0.3) is 0 Å². The van der Waals surface area contributed by atoms with Gasteiger partial charge in [-0.3, -0.25) is 4.79 Å². The standard InChI is InChI=1S/C12H25N3O3S.ClH/c1-2-13-7-8-14-12(16)6-5-11-19(17,18)15-9-3-4-10-15;/h13H,2-11H2,1H3,(H,14,16);1H. The van der Waals surface area contributed by atoms with Crippen LogP contribution in [0.2, 0.25) is 0 Å². The fourth-order valence-electron chi connectivity index (χ4n) is 2.07. The summed E-state index contributed by atoms with van der Waals surface area (Å²) in [6.45, 7) is 5.49. The number of halogens is 1. The molecule has 120 valence electrons. The number of amides is 1. The summed E-state index contributed by atoms with van der Waals surface area (Å²) in [4.78, 5) is 11.5. The molecule has 0 saturated carbocycles. The van der Waals surface area contributed by atoms with Gasteiger partial charge in [0.1, 0.15) is 0 Å². The highest BCUT2D eigenvalue weighted by Gasteiger charge is 2.24. The van der Waals surface area contributed by atoms with Gasteiger partial charge in [0.2, 0.25) is 15.9 Å². The number of hydrogen-bond acceptors (Lipinski definition) is 4. The van der Waals surface area contributed by atoms with Gasteiger partial charge in [-0.2, -0.15) is 0 Å². The third-order valence-corrected chi connectivity index (χ3v) is 5.10. The highest BCUT2D eigenvalue weighted by atomic mass is 35.5. The van der Waals surface area contributed by atoms with Crippen molar-refractivity contribution in [2.24, 2.45) is 0 Å². The van der Waals surface area contributed by atoms with E-state index < -0.39 is 10.0 Å². The quantitative estimate of drug-likeness (QED) is 0.599. The van der Waals surface area contributed by atoms with Crippen molar-refractivity contribution in [2.45, 2.75) is 32.6 Å². The number of likely N-dealkylation sites (N-methyl/N-ethyl adjacent to an activating group) is 1. The number of sulfonamides is 1. The van der Waals surface area contributed by atoms with E-state index in [-0.39, 0.29) is 30.5 Å². The van der Waals surface area contributed by atoms with Crippen molar-refractivity contribution in [3.05, 3.63) is 0 Å². The SMILES string of the molecule is CCNCCNC(=O)CCCS(=O)(=O)N1CCCC1.Cl. The molecule has 0 spiro atoms. The first kappa shape index (κ1) is 19.6. The van der Waals surface area contributed by atoms with Crippen LogP contribution in [0, 0.1) is 0 Å². The largest absolute Gasteiger partial charge is 0.355 e. The highest BCUT2D eigenvalue weighted by molar-refractivity contribution is 7.89. The molecule has 1 rings (SSSR count). The first-order valence-corrected chi connectivity index (χ1v) is 8.62. The Morgan fingerprint density at radius 2 is 1.85 bits per heavy atom. The Morgan fingerprint density at radius 1 is 1.20 bits per heavy atom. The summed E-state index contributed by atoms with van der Waals surface area (Å²) in [6.07, 6.45) is 2.57. The summed E-state index contributed by atoms with van der Waals surface area (Å²) in [5, 5.41) is 5.87. The average molecular weight is 328 g/mol. The molecule has 1 aliphatic rings. The molecule has 0 aromatic heterocycles. The van der Waals surface area contributed by atoms with E-state index in [2.05, 4.69) is 10.6 Å². The molecular weight excluding hydrogens is 302 g/mol. The van der Waals surface area contributed by atoms with E-state index in [1.165, 1.54) is 4.31 Å². The molecule has 1 saturated heterocycles. The molecule has 0 unspecified atom stereocenters. The predicted molar refractivity (Wildman–Crippen MR) is 82.6 cm³/mol. The van der Waals surface area contributed by atoms with Crippen molar-refractivity contribution < 1.29 is 13.2 Å². The van der Waals surface area contributed by atoms with E-state index in [9.17, 15) is 13.2 Å². The minimum atomic E-state index is -3.14. The summed E-state index contributed by atoms with van der Waals surface area (Å²) >= 11 is 0. The van der Waals surface area contributed by atoms with Crippen LogP contribution in [0.1, 0.15) is 32.6 Å². The number of nitrogens with zero attached hydrogens (tertiary/aromatic N) is 1. The Morgan fingerprint density at radius 3 is 2.45 bits per heavy atom. The maximum atomic E-state index is 11.9. The molecule has 0 aromatic rings. The Bertz CT molecular complexity index is 370. The van der Waals surface area contributed by atoms with Gasteiger partial charge in [-0.25, -0.2) is 12.7 Å². The van der Waals surface area contributed by atoms with Gasteiger partial charge in [-0.15, -0.1) is 12.4 Å². The highest BCUT2D eigenvalue weighted by Crippen LogP contribution is 2.14. The smallest absolute Gasteiger partial charge is 0.220 e. The number of rotatable bonds is 9. The maximum absolute atomic E-state index is 11.9. The minimum Gasteiger partial charge on any atom is -0.355 e. The molecule has 2 N–H and O–H groups in total. The third-order valence-electron chi connectivity index (χ3n) is 3.14. The van der Waals surface area contributed by atoms with Crippen molar-refractivity contribution >= 4 is 28.3 Å². The molecule has 0 aliphatic carbocycles. The Balaban J connectivity index is 0.00000361. The van der Waals surface area contributed by atoms with E-state index in [0.29, 0.717) is 26.1 Å². The van der Waals surface area contributed by atoms with Crippen LogP contribution in [0.4, 0.5) is 0 Å². The van der Waals surface area contributed by atoms with Crippen LogP contribution in [0.5, 0.6) is 0 Å². The fourth-order valence-corrected chi connectivity index (χ4v) is 3.65. The molecule has 1 aliphatic heterocycles. The molecule has 1 fully saturated rings. The second kappa shape index (κ2) is 10.4. The number of carbonyl (C=O) groups excluding carboxylic acids is 1. The molecule has 8 heteroatoms. The maximum Gasteiger partial charge on any atom is 0.220 e. The van der Waals surface area contributed by atoms with Crippen molar-refractivity contribution in [1.29, 1.82) is 0 Å². The first-order valence-electron chi connectivity index (χ1n) is 7.01. The lowest BCUT2D eigenvalue weighted by Crippen LogP contribution is -2.33. The summed E-state index contributed by atoms with van der Waals surface area (Å²) in [5.41, 5.74) is 0. The molecular formula is C12H26ClN3O3S. The van der Waals surface area contributed by atoms with Crippen LogP contribution < -0.4 is 10.6 Å². The second-order valence-electron chi connectivity index (χ2n) is 4.73. The van der Waals surface area contributed by atoms with Gasteiger partial charge in [0.05, 0.1) is 5.75 Å². The number of hydrogen-bond donors (Lipinski definition) is 2. The normalized spacial score (nSPS) is 15.8.